The first-order chi connectivity index (χ1) is 24.9. The number of rotatable bonds is 8. The highest BCUT2D eigenvalue weighted by Crippen LogP contribution is 2.36. The van der Waals surface area contributed by atoms with E-state index < -0.39 is 5.91 Å². The molecular weight excluding hydrogens is 649 g/mol. The molecule has 260 valence electrons. The number of hydrogen-bond donors (Lipinski definition) is 1. The minimum Gasteiger partial charge on any atom is -0.756 e. The number of fused-ring (bicyclic) bond motifs is 2. The van der Waals surface area contributed by atoms with Crippen LogP contribution in [0.3, 0.4) is 0 Å². The van der Waals surface area contributed by atoms with Crippen LogP contribution in [0.15, 0.2) is 79.0 Å². The molecule has 5 aromatic rings. The van der Waals surface area contributed by atoms with Gasteiger partial charge in [0.2, 0.25) is 5.91 Å². The Morgan fingerprint density at radius 1 is 0.922 bits per heavy atom. The summed E-state index contributed by atoms with van der Waals surface area (Å²) in [6.45, 7) is 3.84. The fourth-order valence-electron chi connectivity index (χ4n) is 7.98. The minimum absolute atomic E-state index is 0.0366. The lowest BCUT2D eigenvalue weighted by Gasteiger charge is -2.40. The van der Waals surface area contributed by atoms with Crippen molar-refractivity contribution in [1.82, 2.24) is 29.5 Å². The molecule has 0 saturated carbocycles. The highest BCUT2D eigenvalue weighted by molar-refractivity contribution is 5.99. The number of piperidine rings is 1. The Hall–Kier alpha value is -5.56. The van der Waals surface area contributed by atoms with E-state index in [2.05, 4.69) is 20.1 Å². The fraction of sp³-hybridized carbons (Fsp3) is 0.342. The van der Waals surface area contributed by atoms with Crippen LogP contribution in [0.1, 0.15) is 53.2 Å². The van der Waals surface area contributed by atoms with Gasteiger partial charge in [0.25, 0.3) is 5.91 Å². The zero-order valence-corrected chi connectivity index (χ0v) is 28.0. The molecule has 4 aliphatic heterocycles. The molecule has 0 radical (unpaired) electrons. The summed E-state index contributed by atoms with van der Waals surface area (Å²) in [4.78, 5) is 40.6. The lowest BCUT2D eigenvalue weighted by atomic mass is 9.99. The second kappa shape index (κ2) is 12.6. The SMILES string of the molecule is O=C1CCC(N2Cc3cc(NCC4CN(c5cccc(-c6cnc7ccc(N8CCC[C@@H]8c8cccc(F)c8)nn67)n5)C4)ccc3C2=O)CN1[O-]. The monoisotopic (exact) mass is 686 g/mol. The summed E-state index contributed by atoms with van der Waals surface area (Å²) >= 11 is 0. The maximum absolute atomic E-state index is 14.0. The molecule has 3 fully saturated rings. The number of imidazole rings is 1. The van der Waals surface area contributed by atoms with Gasteiger partial charge in [-0.2, -0.15) is 0 Å². The summed E-state index contributed by atoms with van der Waals surface area (Å²) in [5, 5.41) is 20.9. The average Bonchev–Trinajstić information content (AvgIpc) is 3.86. The minimum atomic E-state index is -0.408. The molecule has 3 aromatic heterocycles. The van der Waals surface area contributed by atoms with Crippen molar-refractivity contribution < 1.29 is 14.0 Å². The number of amides is 2. The number of benzene rings is 2. The number of halogens is 1. The lowest BCUT2D eigenvalue weighted by Crippen LogP contribution is -2.50. The van der Waals surface area contributed by atoms with Crippen LogP contribution in [0, 0.1) is 16.9 Å². The van der Waals surface area contributed by atoms with E-state index in [9.17, 15) is 19.2 Å². The Balaban J connectivity index is 0.840. The van der Waals surface area contributed by atoms with Gasteiger partial charge in [0.15, 0.2) is 5.65 Å². The second-order valence-electron chi connectivity index (χ2n) is 14.0. The van der Waals surface area contributed by atoms with Crippen molar-refractivity contribution in [3.63, 3.8) is 0 Å². The molecule has 13 heteroatoms. The Morgan fingerprint density at radius 3 is 2.67 bits per heavy atom. The normalized spacial score (nSPS) is 20.7. The van der Waals surface area contributed by atoms with Gasteiger partial charge in [0.1, 0.15) is 23.1 Å². The summed E-state index contributed by atoms with van der Waals surface area (Å²) in [5.74, 6) is 1.45. The standard InChI is InChI=1S/C38H37FN9O3/c39-27-5-1-4-25(16-27)32-7-3-15-45(32)36-13-12-34-41-19-33(48(34)43-36)31-6-2-8-35(42-31)44-20-24(21-44)18-40-28-9-11-30-26(17-28)22-46(38(30)50)29-10-14-37(49)47(51)23-29/h1-2,4-6,8-9,11-13,16-17,19,24,29,32,40H,3,7,10,14-15,18,20-23H2/q-1/t29?,32-/m1/s1. The molecule has 3 saturated heterocycles. The van der Waals surface area contributed by atoms with Gasteiger partial charge < -0.3 is 30.3 Å². The first kappa shape index (κ1) is 31.4. The van der Waals surface area contributed by atoms with Crippen molar-refractivity contribution in [2.24, 2.45) is 5.92 Å². The summed E-state index contributed by atoms with van der Waals surface area (Å²) in [6, 6.07) is 22.5. The van der Waals surface area contributed by atoms with E-state index in [1.807, 2.05) is 65.3 Å². The number of hydrogen-bond acceptors (Lipinski definition) is 9. The van der Waals surface area contributed by atoms with Gasteiger partial charge >= 0.3 is 0 Å². The number of nitrogens with zero attached hydrogens (tertiary/aromatic N) is 8. The third-order valence-electron chi connectivity index (χ3n) is 10.7. The molecule has 12 nitrogen and oxygen atoms in total. The highest BCUT2D eigenvalue weighted by atomic mass is 19.1. The van der Waals surface area contributed by atoms with Crippen LogP contribution in [0.2, 0.25) is 0 Å². The van der Waals surface area contributed by atoms with Gasteiger partial charge in [-0.1, -0.05) is 18.2 Å². The van der Waals surface area contributed by atoms with E-state index in [4.69, 9.17) is 10.1 Å². The highest BCUT2D eigenvalue weighted by Gasteiger charge is 2.36. The molecule has 1 unspecified atom stereocenters. The summed E-state index contributed by atoms with van der Waals surface area (Å²) in [6.07, 6.45) is 4.46. The first-order valence-corrected chi connectivity index (χ1v) is 17.6. The van der Waals surface area contributed by atoms with Crippen molar-refractivity contribution in [3.8, 4) is 11.4 Å². The molecule has 2 atom stereocenters. The number of nitrogens with one attached hydrogen (secondary N) is 1. The van der Waals surface area contributed by atoms with Crippen molar-refractivity contribution in [2.75, 3.05) is 47.8 Å². The lowest BCUT2D eigenvalue weighted by molar-refractivity contribution is -0.132. The topological polar surface area (TPSA) is 125 Å². The number of aromatic nitrogens is 4. The third kappa shape index (κ3) is 5.80. The van der Waals surface area contributed by atoms with Gasteiger partial charge in [-0.05, 0) is 85.0 Å². The number of anilines is 3. The predicted molar refractivity (Wildman–Crippen MR) is 191 cm³/mol. The Morgan fingerprint density at radius 2 is 1.80 bits per heavy atom. The smallest absolute Gasteiger partial charge is 0.254 e. The Kier molecular flexibility index (Phi) is 7.79. The molecule has 4 aliphatic rings. The Bertz CT molecular complexity index is 2150. The zero-order chi connectivity index (χ0) is 34.6. The first-order valence-electron chi connectivity index (χ1n) is 17.6. The van der Waals surface area contributed by atoms with Crippen molar-refractivity contribution in [3.05, 3.63) is 107 Å². The van der Waals surface area contributed by atoms with Crippen molar-refractivity contribution in [1.29, 1.82) is 0 Å². The molecule has 51 heavy (non-hydrogen) atoms. The van der Waals surface area contributed by atoms with E-state index in [-0.39, 0.29) is 36.8 Å². The summed E-state index contributed by atoms with van der Waals surface area (Å²) < 4.78 is 15.9. The van der Waals surface area contributed by atoms with Crippen LogP contribution >= 0.6 is 0 Å². The number of pyridine rings is 1. The molecule has 1 N–H and O–H groups in total. The molecule has 0 bridgehead atoms. The van der Waals surface area contributed by atoms with Gasteiger partial charge in [0.05, 0.1) is 17.9 Å². The molecule has 0 spiro atoms. The van der Waals surface area contributed by atoms with Crippen LogP contribution in [0.5, 0.6) is 0 Å². The number of hydroxylamine groups is 2. The molecular formula is C38H37FN9O3-. The van der Waals surface area contributed by atoms with Crippen LogP contribution in [0.4, 0.5) is 21.7 Å². The van der Waals surface area contributed by atoms with Gasteiger partial charge in [-0.25, -0.2) is 18.9 Å². The fourth-order valence-corrected chi connectivity index (χ4v) is 7.98. The quantitative estimate of drug-likeness (QED) is 0.233. The number of carbonyl (C=O) groups excluding carboxylic acids is 2. The van der Waals surface area contributed by atoms with E-state index in [1.165, 1.54) is 6.07 Å². The van der Waals surface area contributed by atoms with Gasteiger partial charge in [0, 0.05) is 68.9 Å². The van der Waals surface area contributed by atoms with Crippen LogP contribution in [-0.2, 0) is 11.3 Å². The van der Waals surface area contributed by atoms with Crippen LogP contribution in [0.25, 0.3) is 17.0 Å². The second-order valence-corrected chi connectivity index (χ2v) is 14.0. The van der Waals surface area contributed by atoms with E-state index in [1.54, 1.807) is 17.0 Å². The van der Waals surface area contributed by atoms with Gasteiger partial charge in [-0.15, -0.1) is 5.10 Å². The third-order valence-corrected chi connectivity index (χ3v) is 10.7. The zero-order valence-electron chi connectivity index (χ0n) is 28.0. The van der Waals surface area contributed by atoms with Gasteiger partial charge in [-0.3, -0.25) is 9.59 Å². The average molecular weight is 687 g/mol. The largest absolute Gasteiger partial charge is 0.756 e. The molecule has 2 amide bonds. The van der Waals surface area contributed by atoms with Crippen LogP contribution < -0.4 is 15.1 Å². The van der Waals surface area contributed by atoms with E-state index >= 15 is 0 Å². The predicted octanol–water partition coefficient (Wildman–Crippen LogP) is 5.26. The van der Waals surface area contributed by atoms with Crippen molar-refractivity contribution >= 4 is 34.8 Å². The van der Waals surface area contributed by atoms with E-state index in [0.29, 0.717) is 29.5 Å². The molecule has 2 aromatic carbocycles. The number of carbonyl (C=O) groups is 2. The maximum Gasteiger partial charge on any atom is 0.254 e. The molecule has 7 heterocycles. The summed E-state index contributed by atoms with van der Waals surface area (Å²) in [7, 11) is 0. The Labute approximate surface area is 294 Å². The summed E-state index contributed by atoms with van der Waals surface area (Å²) in [5.41, 5.74) is 5.86. The molecule has 0 aliphatic carbocycles. The van der Waals surface area contributed by atoms with Crippen molar-refractivity contribution in [2.45, 2.75) is 44.3 Å². The molecule has 9 rings (SSSR count). The van der Waals surface area contributed by atoms with Crippen LogP contribution in [-0.4, -0.2) is 80.1 Å². The van der Waals surface area contributed by atoms with E-state index in [0.717, 1.165) is 84.5 Å². The maximum atomic E-state index is 14.0.